The van der Waals surface area contributed by atoms with Crippen molar-refractivity contribution in [2.45, 2.75) is 13.8 Å². The van der Waals surface area contributed by atoms with E-state index in [0.717, 1.165) is 72.4 Å². The van der Waals surface area contributed by atoms with E-state index in [1.54, 1.807) is 0 Å². The minimum absolute atomic E-state index is 0.733. The van der Waals surface area contributed by atoms with Crippen molar-refractivity contribution in [3.63, 3.8) is 0 Å². The van der Waals surface area contributed by atoms with Crippen molar-refractivity contribution >= 4 is 49.1 Å². The molecule has 0 atom stereocenters. The summed E-state index contributed by atoms with van der Waals surface area (Å²) in [6.07, 6.45) is 1.83. The number of fused-ring (bicyclic) bond motifs is 9. The second kappa shape index (κ2) is 9.76. The lowest BCUT2D eigenvalue weighted by Gasteiger charge is -2.13. The van der Waals surface area contributed by atoms with Crippen LogP contribution in [-0.4, -0.2) is 24.1 Å². The molecular weight excluding hydrogens is 554 g/mol. The first-order valence-corrected chi connectivity index (χ1v) is 15.0. The fourth-order valence-electron chi connectivity index (χ4n) is 6.80. The van der Waals surface area contributed by atoms with Crippen LogP contribution in [0.25, 0.3) is 66.3 Å². The summed E-state index contributed by atoms with van der Waals surface area (Å²) in [7, 11) is 0. The predicted octanol–water partition coefficient (Wildman–Crippen LogP) is 9.60. The van der Waals surface area contributed by atoms with Crippen LogP contribution < -0.4 is 4.74 Å². The lowest BCUT2D eigenvalue weighted by molar-refractivity contribution is 0.484. The number of rotatable bonds is 4. The van der Waals surface area contributed by atoms with E-state index >= 15 is 0 Å². The first-order chi connectivity index (χ1) is 22.2. The SMILES string of the molecule is Cc1cccc(C)c1-c1nnc2c3cc(Oc4ccc5c6ccccc6n(-c6ccccn6)c5c4)ccc3c3ccccc3n12. The molecule has 0 radical (unpaired) electrons. The van der Waals surface area contributed by atoms with Crippen molar-refractivity contribution < 1.29 is 4.74 Å². The molecule has 9 rings (SSSR count). The van der Waals surface area contributed by atoms with Gasteiger partial charge in [-0.2, -0.15) is 0 Å². The van der Waals surface area contributed by atoms with Crippen LogP contribution in [0.3, 0.4) is 0 Å². The molecule has 6 nitrogen and oxygen atoms in total. The van der Waals surface area contributed by atoms with E-state index < -0.39 is 0 Å². The summed E-state index contributed by atoms with van der Waals surface area (Å²) in [5.74, 6) is 3.19. The molecule has 0 unspecified atom stereocenters. The summed E-state index contributed by atoms with van der Waals surface area (Å²) < 4.78 is 11.0. The lowest BCUT2D eigenvalue weighted by atomic mass is 10.0. The van der Waals surface area contributed by atoms with Crippen LogP contribution in [0, 0.1) is 13.8 Å². The smallest absolute Gasteiger partial charge is 0.169 e. The quantitative estimate of drug-likeness (QED) is 0.194. The first-order valence-electron chi connectivity index (χ1n) is 15.0. The van der Waals surface area contributed by atoms with E-state index in [0.29, 0.717) is 0 Å². The fourth-order valence-corrected chi connectivity index (χ4v) is 6.80. The molecule has 0 saturated heterocycles. The summed E-state index contributed by atoms with van der Waals surface area (Å²) in [4.78, 5) is 4.66. The van der Waals surface area contributed by atoms with Crippen LogP contribution in [0.1, 0.15) is 11.1 Å². The first kappa shape index (κ1) is 25.5. The number of pyridine rings is 2. The van der Waals surface area contributed by atoms with Gasteiger partial charge >= 0.3 is 0 Å². The number of para-hydroxylation sites is 2. The minimum Gasteiger partial charge on any atom is -0.457 e. The van der Waals surface area contributed by atoms with Gasteiger partial charge in [0.15, 0.2) is 11.5 Å². The van der Waals surface area contributed by atoms with Gasteiger partial charge in [-0.05, 0) is 85.0 Å². The van der Waals surface area contributed by atoms with E-state index in [4.69, 9.17) is 14.9 Å². The Morgan fingerprint density at radius 2 is 1.20 bits per heavy atom. The topological polar surface area (TPSA) is 57.2 Å². The zero-order chi connectivity index (χ0) is 30.1. The molecule has 0 saturated carbocycles. The highest BCUT2D eigenvalue weighted by atomic mass is 16.5. The number of ether oxygens (including phenoxy) is 1. The largest absolute Gasteiger partial charge is 0.457 e. The number of aromatic nitrogens is 5. The van der Waals surface area contributed by atoms with Crippen LogP contribution in [-0.2, 0) is 0 Å². The van der Waals surface area contributed by atoms with Gasteiger partial charge in [-0.25, -0.2) is 4.98 Å². The fraction of sp³-hybridized carbons (Fsp3) is 0.0513. The number of hydrogen-bond donors (Lipinski definition) is 0. The van der Waals surface area contributed by atoms with Crippen molar-refractivity contribution in [1.82, 2.24) is 24.1 Å². The standard InChI is InChI=1S/C39H27N5O/c1-24-10-9-11-25(2)37(24)39-42-41-38-32-22-26(17-19-28(32)29-12-3-6-15-34(29)44(38)39)45-27-18-20-31-30-13-4-5-14-33(30)43(35(31)23-27)36-16-7-8-21-40-36/h3-23H,1-2H3. The average Bonchev–Trinajstić information content (AvgIpc) is 3.65. The molecule has 4 aromatic heterocycles. The van der Waals surface area contributed by atoms with Crippen molar-refractivity contribution in [1.29, 1.82) is 0 Å². The summed E-state index contributed by atoms with van der Waals surface area (Å²) in [6.45, 7) is 4.26. The number of aryl methyl sites for hydroxylation is 2. The van der Waals surface area contributed by atoms with E-state index in [2.05, 4.69) is 119 Å². The second-order valence-corrected chi connectivity index (χ2v) is 11.5. The average molecular weight is 582 g/mol. The molecule has 0 aliphatic rings. The molecular formula is C39H27N5O. The summed E-state index contributed by atoms with van der Waals surface area (Å²) >= 11 is 0. The maximum absolute atomic E-state index is 6.58. The summed E-state index contributed by atoms with van der Waals surface area (Å²) in [6, 6.07) is 41.7. The molecule has 0 aliphatic heterocycles. The molecule has 0 fully saturated rings. The van der Waals surface area contributed by atoms with Gasteiger partial charge in [-0.3, -0.25) is 8.97 Å². The number of nitrogens with zero attached hydrogens (tertiary/aromatic N) is 5. The highest BCUT2D eigenvalue weighted by Crippen LogP contribution is 2.38. The molecule has 0 N–H and O–H groups in total. The molecule has 6 heteroatoms. The zero-order valence-electron chi connectivity index (χ0n) is 24.8. The van der Waals surface area contributed by atoms with Crippen LogP contribution >= 0.6 is 0 Å². The van der Waals surface area contributed by atoms with Gasteiger partial charge in [0, 0.05) is 39.4 Å². The van der Waals surface area contributed by atoms with Crippen LogP contribution in [0.5, 0.6) is 11.5 Å². The Kier molecular flexibility index (Phi) is 5.53. The van der Waals surface area contributed by atoms with Crippen LogP contribution in [0.15, 0.2) is 128 Å². The maximum Gasteiger partial charge on any atom is 0.169 e. The Bertz CT molecular complexity index is 2580. The van der Waals surface area contributed by atoms with Gasteiger partial charge in [0.1, 0.15) is 17.3 Å². The van der Waals surface area contributed by atoms with Crippen LogP contribution in [0.4, 0.5) is 0 Å². The van der Waals surface area contributed by atoms with Crippen molar-refractivity contribution in [2.75, 3.05) is 0 Å². The number of benzene rings is 5. The summed E-state index contributed by atoms with van der Waals surface area (Å²) in [5, 5.41) is 15.1. The molecule has 0 aliphatic carbocycles. The highest BCUT2D eigenvalue weighted by Gasteiger charge is 2.19. The Labute approximate surface area is 258 Å². The van der Waals surface area contributed by atoms with Gasteiger partial charge in [0.05, 0.1) is 16.6 Å². The molecule has 0 spiro atoms. The third-order valence-corrected chi connectivity index (χ3v) is 8.79. The third kappa shape index (κ3) is 3.85. The van der Waals surface area contributed by atoms with Crippen molar-refractivity contribution in [2.24, 2.45) is 0 Å². The van der Waals surface area contributed by atoms with E-state index in [9.17, 15) is 0 Å². The Balaban J connectivity index is 1.23. The Hall–Kier alpha value is -6.01. The summed E-state index contributed by atoms with van der Waals surface area (Å²) in [5.41, 5.74) is 7.47. The van der Waals surface area contributed by atoms with Gasteiger partial charge < -0.3 is 4.74 Å². The molecule has 0 bridgehead atoms. The van der Waals surface area contributed by atoms with Gasteiger partial charge in [0.25, 0.3) is 0 Å². The molecule has 5 aromatic carbocycles. The Morgan fingerprint density at radius 1 is 0.533 bits per heavy atom. The lowest BCUT2D eigenvalue weighted by Crippen LogP contribution is -1.97. The predicted molar refractivity (Wildman–Crippen MR) is 182 cm³/mol. The van der Waals surface area contributed by atoms with Crippen molar-refractivity contribution in [3.8, 4) is 28.7 Å². The molecule has 214 valence electrons. The number of hydrogen-bond acceptors (Lipinski definition) is 4. The highest BCUT2D eigenvalue weighted by molar-refractivity contribution is 6.13. The van der Waals surface area contributed by atoms with E-state index in [1.807, 2.05) is 36.5 Å². The second-order valence-electron chi connectivity index (χ2n) is 11.5. The molecule has 4 heterocycles. The van der Waals surface area contributed by atoms with Gasteiger partial charge in [-0.1, -0.05) is 60.7 Å². The molecule has 45 heavy (non-hydrogen) atoms. The zero-order valence-corrected chi connectivity index (χ0v) is 24.8. The Morgan fingerprint density at radius 3 is 1.98 bits per heavy atom. The van der Waals surface area contributed by atoms with Gasteiger partial charge in [-0.15, -0.1) is 10.2 Å². The van der Waals surface area contributed by atoms with E-state index in [-0.39, 0.29) is 0 Å². The third-order valence-electron chi connectivity index (χ3n) is 8.79. The normalized spacial score (nSPS) is 11.8. The van der Waals surface area contributed by atoms with E-state index in [1.165, 1.54) is 16.5 Å². The molecule has 0 amide bonds. The maximum atomic E-state index is 6.58. The monoisotopic (exact) mass is 581 g/mol. The van der Waals surface area contributed by atoms with Gasteiger partial charge in [0.2, 0.25) is 0 Å². The minimum atomic E-state index is 0.733. The van der Waals surface area contributed by atoms with Crippen molar-refractivity contribution in [3.05, 3.63) is 139 Å². The molecule has 9 aromatic rings. The van der Waals surface area contributed by atoms with Crippen LogP contribution in [0.2, 0.25) is 0 Å².